The Morgan fingerprint density at radius 1 is 1.59 bits per heavy atom. The molecular formula is C12H12BrFN2O. The summed E-state index contributed by atoms with van der Waals surface area (Å²) in [6, 6.07) is 7.04. The minimum absolute atomic E-state index is 0.0626. The van der Waals surface area contributed by atoms with E-state index in [4.69, 9.17) is 5.26 Å². The molecule has 2 rings (SSSR count). The topological polar surface area (TPSA) is 47.3 Å². The van der Waals surface area contributed by atoms with E-state index >= 15 is 0 Å². The van der Waals surface area contributed by atoms with E-state index in [1.165, 1.54) is 0 Å². The highest BCUT2D eigenvalue weighted by Crippen LogP contribution is 2.33. The van der Waals surface area contributed by atoms with Crippen molar-refractivity contribution in [3.8, 4) is 6.07 Å². The molecule has 1 heterocycles. The van der Waals surface area contributed by atoms with Crippen LogP contribution < -0.4 is 4.90 Å². The predicted molar refractivity (Wildman–Crippen MR) is 66.6 cm³/mol. The lowest BCUT2D eigenvalue weighted by molar-refractivity contribution is 0.255. The first kappa shape index (κ1) is 12.3. The maximum atomic E-state index is 13.4. The molecule has 1 aliphatic heterocycles. The fraction of sp³-hybridized carbons (Fsp3) is 0.417. The van der Waals surface area contributed by atoms with E-state index in [1.54, 1.807) is 18.2 Å². The first-order valence-electron chi connectivity index (χ1n) is 5.37. The van der Waals surface area contributed by atoms with Gasteiger partial charge in [-0.25, -0.2) is 4.39 Å². The van der Waals surface area contributed by atoms with Crippen molar-refractivity contribution in [2.45, 2.75) is 18.6 Å². The van der Waals surface area contributed by atoms with Gasteiger partial charge in [-0.05, 0) is 34.1 Å². The number of nitrogens with zero attached hydrogens (tertiary/aromatic N) is 2. The highest BCUT2D eigenvalue weighted by atomic mass is 79.9. The molecule has 1 aliphatic rings. The van der Waals surface area contributed by atoms with E-state index in [1.807, 2.05) is 11.0 Å². The Morgan fingerprint density at radius 2 is 2.35 bits per heavy atom. The maximum Gasteiger partial charge on any atom is 0.120 e. The van der Waals surface area contributed by atoms with Gasteiger partial charge in [-0.2, -0.15) is 5.26 Å². The lowest BCUT2D eigenvalue weighted by Crippen LogP contribution is -2.32. The van der Waals surface area contributed by atoms with Gasteiger partial charge in [0.05, 0.1) is 30.0 Å². The molecule has 0 spiro atoms. The number of alkyl halides is 1. The van der Waals surface area contributed by atoms with Crippen molar-refractivity contribution in [1.82, 2.24) is 0 Å². The largest absolute Gasteiger partial charge is 0.394 e. The molecular weight excluding hydrogens is 287 g/mol. The highest BCUT2D eigenvalue weighted by Gasteiger charge is 2.32. The zero-order valence-electron chi connectivity index (χ0n) is 9.11. The summed E-state index contributed by atoms with van der Waals surface area (Å²) in [6.07, 6.45) is -0.558. The standard InChI is InChI=1S/C12H12BrFN2O/c13-11-3-8(5-15)1-2-12(11)16-6-9(14)4-10(16)7-17/h1-3,9-10,17H,4,6-7H2/t9-,10-/m0/s1. The minimum atomic E-state index is -0.908. The van der Waals surface area contributed by atoms with Gasteiger partial charge < -0.3 is 10.0 Å². The summed E-state index contributed by atoms with van der Waals surface area (Å²) < 4.78 is 14.1. The van der Waals surface area contributed by atoms with Crippen molar-refractivity contribution >= 4 is 21.6 Å². The number of nitriles is 1. The quantitative estimate of drug-likeness (QED) is 0.911. The monoisotopic (exact) mass is 298 g/mol. The molecule has 0 unspecified atom stereocenters. The summed E-state index contributed by atoms with van der Waals surface area (Å²) >= 11 is 3.38. The molecule has 0 radical (unpaired) electrons. The average Bonchev–Trinajstić information content (AvgIpc) is 2.70. The molecule has 2 atom stereocenters. The third-order valence-electron chi connectivity index (χ3n) is 2.96. The fourth-order valence-electron chi connectivity index (χ4n) is 2.14. The third-order valence-corrected chi connectivity index (χ3v) is 3.60. The van der Waals surface area contributed by atoms with Gasteiger partial charge in [0.1, 0.15) is 6.17 Å². The second-order valence-electron chi connectivity index (χ2n) is 4.10. The molecule has 0 aliphatic carbocycles. The molecule has 0 bridgehead atoms. The molecule has 1 saturated heterocycles. The number of anilines is 1. The van der Waals surface area contributed by atoms with Gasteiger partial charge in [0.2, 0.25) is 0 Å². The van der Waals surface area contributed by atoms with E-state index < -0.39 is 6.17 Å². The van der Waals surface area contributed by atoms with Crippen LogP contribution in [0.15, 0.2) is 22.7 Å². The van der Waals surface area contributed by atoms with Gasteiger partial charge in [-0.3, -0.25) is 0 Å². The van der Waals surface area contributed by atoms with Crippen molar-refractivity contribution in [3.05, 3.63) is 28.2 Å². The predicted octanol–water partition coefficient (Wildman–Crippen LogP) is 2.23. The molecule has 1 aromatic carbocycles. The van der Waals surface area contributed by atoms with E-state index in [0.29, 0.717) is 12.0 Å². The summed E-state index contributed by atoms with van der Waals surface area (Å²) in [4.78, 5) is 1.84. The van der Waals surface area contributed by atoms with E-state index in [2.05, 4.69) is 15.9 Å². The van der Waals surface area contributed by atoms with Crippen LogP contribution in [0.5, 0.6) is 0 Å². The van der Waals surface area contributed by atoms with Crippen molar-refractivity contribution in [2.75, 3.05) is 18.1 Å². The van der Waals surface area contributed by atoms with Crippen molar-refractivity contribution in [3.63, 3.8) is 0 Å². The zero-order valence-corrected chi connectivity index (χ0v) is 10.7. The van der Waals surface area contributed by atoms with Crippen LogP contribution in [0.4, 0.5) is 10.1 Å². The van der Waals surface area contributed by atoms with Gasteiger partial charge in [-0.15, -0.1) is 0 Å². The fourth-order valence-corrected chi connectivity index (χ4v) is 2.74. The molecule has 1 fully saturated rings. The SMILES string of the molecule is N#Cc1ccc(N2C[C@@H](F)C[C@H]2CO)c(Br)c1. The summed E-state index contributed by atoms with van der Waals surface area (Å²) in [5.74, 6) is 0. The van der Waals surface area contributed by atoms with Crippen molar-refractivity contribution in [1.29, 1.82) is 5.26 Å². The number of hydrogen-bond donors (Lipinski definition) is 1. The maximum absolute atomic E-state index is 13.4. The Morgan fingerprint density at radius 3 is 2.94 bits per heavy atom. The Hall–Kier alpha value is -1.12. The Kier molecular flexibility index (Phi) is 3.65. The lowest BCUT2D eigenvalue weighted by atomic mass is 10.2. The normalized spacial score (nSPS) is 23.8. The number of halogens is 2. The number of hydrogen-bond acceptors (Lipinski definition) is 3. The molecule has 5 heteroatoms. The van der Waals surface area contributed by atoms with Crippen molar-refractivity contribution in [2.24, 2.45) is 0 Å². The van der Waals surface area contributed by atoms with Crippen LogP contribution in [-0.2, 0) is 0 Å². The van der Waals surface area contributed by atoms with Gasteiger partial charge in [0, 0.05) is 17.4 Å². The van der Waals surface area contributed by atoms with Crippen molar-refractivity contribution < 1.29 is 9.50 Å². The number of aliphatic hydroxyl groups is 1. The highest BCUT2D eigenvalue weighted by molar-refractivity contribution is 9.10. The van der Waals surface area contributed by atoms with Crippen LogP contribution in [0.1, 0.15) is 12.0 Å². The number of aliphatic hydroxyl groups excluding tert-OH is 1. The minimum Gasteiger partial charge on any atom is -0.394 e. The van der Waals surface area contributed by atoms with E-state index in [0.717, 1.165) is 10.2 Å². The Labute approximate surface area is 108 Å². The van der Waals surface area contributed by atoms with E-state index in [-0.39, 0.29) is 19.2 Å². The van der Waals surface area contributed by atoms with E-state index in [9.17, 15) is 9.50 Å². The molecule has 3 nitrogen and oxygen atoms in total. The molecule has 1 N–H and O–H groups in total. The molecule has 0 aromatic heterocycles. The molecule has 1 aromatic rings. The summed E-state index contributed by atoms with van der Waals surface area (Å²) in [6.45, 7) is 0.225. The molecule has 0 saturated carbocycles. The summed E-state index contributed by atoms with van der Waals surface area (Å²) in [5, 5.41) is 18.0. The lowest BCUT2D eigenvalue weighted by Gasteiger charge is -2.26. The number of rotatable bonds is 2. The van der Waals surface area contributed by atoms with Crippen LogP contribution in [-0.4, -0.2) is 30.5 Å². The third kappa shape index (κ3) is 2.43. The van der Waals surface area contributed by atoms with Crippen LogP contribution in [0.2, 0.25) is 0 Å². The summed E-state index contributed by atoms with van der Waals surface area (Å²) in [7, 11) is 0. The van der Waals surface area contributed by atoms with Gasteiger partial charge >= 0.3 is 0 Å². The second kappa shape index (κ2) is 5.03. The van der Waals surface area contributed by atoms with Gasteiger partial charge in [-0.1, -0.05) is 0 Å². The van der Waals surface area contributed by atoms with Crippen LogP contribution in [0.3, 0.4) is 0 Å². The van der Waals surface area contributed by atoms with Crippen LogP contribution >= 0.6 is 15.9 Å². The molecule has 0 amide bonds. The smallest absolute Gasteiger partial charge is 0.120 e. The first-order valence-corrected chi connectivity index (χ1v) is 6.16. The molecule has 17 heavy (non-hydrogen) atoms. The van der Waals surface area contributed by atoms with Gasteiger partial charge in [0.25, 0.3) is 0 Å². The van der Waals surface area contributed by atoms with Crippen LogP contribution in [0, 0.1) is 11.3 Å². The zero-order chi connectivity index (χ0) is 12.4. The average molecular weight is 299 g/mol. The Bertz CT molecular complexity index is 460. The summed E-state index contributed by atoms with van der Waals surface area (Å²) in [5.41, 5.74) is 1.38. The molecule has 90 valence electrons. The number of benzene rings is 1. The van der Waals surface area contributed by atoms with Gasteiger partial charge in [0.15, 0.2) is 0 Å². The Balaban J connectivity index is 2.31. The van der Waals surface area contributed by atoms with Crippen LogP contribution in [0.25, 0.3) is 0 Å². The first-order chi connectivity index (χ1) is 8.15. The second-order valence-corrected chi connectivity index (χ2v) is 4.95.